The fourth-order valence-electron chi connectivity index (χ4n) is 1.86. The lowest BCUT2D eigenvalue weighted by Crippen LogP contribution is -2.14. The third kappa shape index (κ3) is 4.19. The predicted molar refractivity (Wildman–Crippen MR) is 77.3 cm³/mol. The summed E-state index contributed by atoms with van der Waals surface area (Å²) in [5.41, 5.74) is 1.36. The molecule has 0 aliphatic heterocycles. The highest BCUT2D eigenvalue weighted by atomic mass is 79.9. The van der Waals surface area contributed by atoms with Crippen LogP contribution in [0.4, 0.5) is 0 Å². The van der Waals surface area contributed by atoms with E-state index in [1.807, 2.05) is 11.3 Å². The Hall–Kier alpha value is 0.140. The van der Waals surface area contributed by atoms with Gasteiger partial charge >= 0.3 is 0 Å². The van der Waals surface area contributed by atoms with Crippen molar-refractivity contribution in [3.63, 3.8) is 0 Å². The molecule has 0 saturated carbocycles. The normalized spacial score (nSPS) is 13.0. The average molecular weight is 304 g/mol. The fraction of sp³-hybridized carbons (Fsp3) is 0.692. The highest BCUT2D eigenvalue weighted by Crippen LogP contribution is 2.33. The summed E-state index contributed by atoms with van der Waals surface area (Å²) in [6.07, 6.45) is 6.62. The summed E-state index contributed by atoms with van der Waals surface area (Å²) in [7, 11) is 2.06. The molecule has 16 heavy (non-hydrogen) atoms. The fourth-order valence-corrected chi connectivity index (χ4v) is 3.58. The molecule has 1 nitrogen and oxygen atoms in total. The molecule has 0 spiro atoms. The lowest BCUT2D eigenvalue weighted by Gasteiger charge is -2.13. The molecule has 3 heteroatoms. The van der Waals surface area contributed by atoms with E-state index < -0.39 is 0 Å². The molecule has 0 amide bonds. The summed E-state index contributed by atoms with van der Waals surface area (Å²) in [6, 6.07) is 2.84. The molecule has 1 unspecified atom stereocenters. The van der Waals surface area contributed by atoms with E-state index in [1.165, 1.54) is 46.3 Å². The van der Waals surface area contributed by atoms with E-state index >= 15 is 0 Å². The monoisotopic (exact) mass is 303 g/mol. The van der Waals surface area contributed by atoms with E-state index in [9.17, 15) is 0 Å². The average Bonchev–Trinajstić information content (AvgIpc) is 2.59. The minimum absolute atomic E-state index is 0.534. The van der Waals surface area contributed by atoms with E-state index in [4.69, 9.17) is 0 Å². The van der Waals surface area contributed by atoms with Crippen LogP contribution < -0.4 is 5.32 Å². The SMILES string of the molecule is CCCCCCC(NC)c1cc(C)c(Br)s1. The molecule has 0 aliphatic rings. The largest absolute Gasteiger partial charge is 0.312 e. The summed E-state index contributed by atoms with van der Waals surface area (Å²) < 4.78 is 1.27. The van der Waals surface area contributed by atoms with Gasteiger partial charge in [0, 0.05) is 10.9 Å². The first kappa shape index (κ1) is 14.2. The van der Waals surface area contributed by atoms with Crippen molar-refractivity contribution in [3.05, 3.63) is 20.3 Å². The van der Waals surface area contributed by atoms with Gasteiger partial charge in [-0.25, -0.2) is 0 Å². The molecule has 1 aromatic rings. The number of hydrogen-bond acceptors (Lipinski definition) is 2. The quantitative estimate of drug-likeness (QED) is 0.695. The molecule has 0 fully saturated rings. The highest BCUT2D eigenvalue weighted by molar-refractivity contribution is 9.11. The zero-order valence-electron chi connectivity index (χ0n) is 10.5. The van der Waals surface area contributed by atoms with Crippen molar-refractivity contribution >= 4 is 27.3 Å². The van der Waals surface area contributed by atoms with Gasteiger partial charge in [0.1, 0.15) is 0 Å². The molecule has 1 atom stereocenters. The van der Waals surface area contributed by atoms with E-state index in [1.54, 1.807) is 0 Å². The first-order chi connectivity index (χ1) is 7.69. The number of unbranched alkanes of at least 4 members (excludes halogenated alkanes) is 3. The second-order valence-corrected chi connectivity index (χ2v) is 6.70. The zero-order valence-corrected chi connectivity index (χ0v) is 12.9. The van der Waals surface area contributed by atoms with Crippen molar-refractivity contribution < 1.29 is 0 Å². The Labute approximate surface area is 112 Å². The van der Waals surface area contributed by atoms with Crippen LogP contribution in [0.2, 0.25) is 0 Å². The van der Waals surface area contributed by atoms with Crippen molar-refractivity contribution in [3.8, 4) is 0 Å². The Bertz CT molecular complexity index is 289. The van der Waals surface area contributed by atoms with Crippen LogP contribution in [0, 0.1) is 6.92 Å². The number of rotatable bonds is 7. The van der Waals surface area contributed by atoms with E-state index in [2.05, 4.69) is 48.2 Å². The van der Waals surface area contributed by atoms with Gasteiger partial charge in [-0.2, -0.15) is 0 Å². The van der Waals surface area contributed by atoms with Crippen LogP contribution in [0.1, 0.15) is 55.5 Å². The lowest BCUT2D eigenvalue weighted by atomic mass is 10.1. The summed E-state index contributed by atoms with van der Waals surface area (Å²) >= 11 is 5.46. The third-order valence-electron chi connectivity index (χ3n) is 2.91. The van der Waals surface area contributed by atoms with Gasteiger partial charge in [0.25, 0.3) is 0 Å². The smallest absolute Gasteiger partial charge is 0.0731 e. The molecule has 0 aromatic carbocycles. The molecule has 0 radical (unpaired) electrons. The Morgan fingerprint density at radius 1 is 1.38 bits per heavy atom. The number of thiophene rings is 1. The van der Waals surface area contributed by atoms with Crippen LogP contribution in [0.5, 0.6) is 0 Å². The number of nitrogens with one attached hydrogen (secondary N) is 1. The zero-order chi connectivity index (χ0) is 12.0. The van der Waals surface area contributed by atoms with E-state index in [-0.39, 0.29) is 0 Å². The molecule has 92 valence electrons. The summed E-state index contributed by atoms with van der Waals surface area (Å²) in [5.74, 6) is 0. The molecule has 1 rings (SSSR count). The molecule has 1 heterocycles. The minimum atomic E-state index is 0.534. The van der Waals surface area contributed by atoms with Crippen LogP contribution in [0.25, 0.3) is 0 Å². The molecule has 1 aromatic heterocycles. The van der Waals surface area contributed by atoms with Crippen molar-refractivity contribution in [2.24, 2.45) is 0 Å². The summed E-state index contributed by atoms with van der Waals surface area (Å²) in [5, 5.41) is 3.43. The highest BCUT2D eigenvalue weighted by Gasteiger charge is 2.12. The first-order valence-electron chi connectivity index (χ1n) is 6.12. The first-order valence-corrected chi connectivity index (χ1v) is 7.73. The maximum Gasteiger partial charge on any atom is 0.0731 e. The molecule has 0 bridgehead atoms. The Morgan fingerprint density at radius 2 is 2.12 bits per heavy atom. The molecular weight excluding hydrogens is 282 g/mol. The molecule has 1 N–H and O–H groups in total. The number of halogens is 1. The van der Waals surface area contributed by atoms with E-state index in [0.29, 0.717) is 6.04 Å². The predicted octanol–water partition coefficient (Wildman–Crippen LogP) is 5.05. The van der Waals surface area contributed by atoms with Gasteiger partial charge in [-0.1, -0.05) is 32.6 Å². The van der Waals surface area contributed by atoms with Gasteiger partial charge in [0.15, 0.2) is 0 Å². The minimum Gasteiger partial charge on any atom is -0.312 e. The lowest BCUT2D eigenvalue weighted by molar-refractivity contribution is 0.511. The second kappa shape index (κ2) is 7.46. The Balaban J connectivity index is 2.47. The van der Waals surface area contributed by atoms with Crippen LogP contribution in [-0.2, 0) is 0 Å². The van der Waals surface area contributed by atoms with Crippen LogP contribution in [0.3, 0.4) is 0 Å². The maximum atomic E-state index is 3.60. The van der Waals surface area contributed by atoms with Gasteiger partial charge in [0.2, 0.25) is 0 Å². The molecule has 0 saturated heterocycles. The summed E-state index contributed by atoms with van der Waals surface area (Å²) in [6.45, 7) is 4.42. The van der Waals surface area contributed by atoms with Crippen molar-refractivity contribution in [1.82, 2.24) is 5.32 Å². The van der Waals surface area contributed by atoms with Crippen LogP contribution >= 0.6 is 27.3 Å². The van der Waals surface area contributed by atoms with Gasteiger partial charge < -0.3 is 5.32 Å². The maximum absolute atomic E-state index is 3.60. The number of hydrogen-bond donors (Lipinski definition) is 1. The van der Waals surface area contributed by atoms with E-state index in [0.717, 1.165) is 0 Å². The van der Waals surface area contributed by atoms with Gasteiger partial charge in [-0.05, 0) is 48.0 Å². The van der Waals surface area contributed by atoms with Crippen LogP contribution in [-0.4, -0.2) is 7.05 Å². The van der Waals surface area contributed by atoms with Gasteiger partial charge in [-0.3, -0.25) is 0 Å². The topological polar surface area (TPSA) is 12.0 Å². The van der Waals surface area contributed by atoms with Gasteiger partial charge in [-0.15, -0.1) is 11.3 Å². The molecule has 0 aliphatic carbocycles. The van der Waals surface area contributed by atoms with Gasteiger partial charge in [0.05, 0.1) is 3.79 Å². The number of aryl methyl sites for hydroxylation is 1. The van der Waals surface area contributed by atoms with Crippen molar-refractivity contribution in [1.29, 1.82) is 0 Å². The third-order valence-corrected chi connectivity index (χ3v) is 5.16. The summed E-state index contributed by atoms with van der Waals surface area (Å²) in [4.78, 5) is 1.46. The Morgan fingerprint density at radius 3 is 2.62 bits per heavy atom. The van der Waals surface area contributed by atoms with Crippen molar-refractivity contribution in [2.45, 2.75) is 52.0 Å². The Kier molecular flexibility index (Phi) is 6.62. The second-order valence-electron chi connectivity index (χ2n) is 4.30. The van der Waals surface area contributed by atoms with Crippen molar-refractivity contribution in [2.75, 3.05) is 7.05 Å². The molecular formula is C13H22BrNS. The standard InChI is InChI=1S/C13H22BrNS/c1-4-5-6-7-8-11(15-3)12-9-10(2)13(14)16-12/h9,11,15H,4-8H2,1-3H3. The van der Waals surface area contributed by atoms with Crippen LogP contribution in [0.15, 0.2) is 9.85 Å².